The van der Waals surface area contributed by atoms with Crippen LogP contribution in [0.1, 0.15) is 18.9 Å². The topological polar surface area (TPSA) is 58.4 Å². The summed E-state index contributed by atoms with van der Waals surface area (Å²) in [6.07, 6.45) is 2.08. The van der Waals surface area contributed by atoms with Crippen LogP contribution in [0.5, 0.6) is 0 Å². The molecule has 0 bridgehead atoms. The fourth-order valence-corrected chi connectivity index (χ4v) is 2.28. The summed E-state index contributed by atoms with van der Waals surface area (Å²) in [5, 5.41) is 2.84. The molecular weight excluding hydrogens is 297 g/mol. The van der Waals surface area contributed by atoms with Crippen LogP contribution < -0.4 is 16.0 Å². The first-order chi connectivity index (χ1) is 8.68. The Morgan fingerprint density at radius 2 is 2.10 bits per heavy atom. The average Bonchev–Trinajstić information content (AvgIpc) is 2.77. The van der Waals surface area contributed by atoms with Gasteiger partial charge in [-0.2, -0.15) is 0 Å². The minimum atomic E-state index is -0.419. The Bertz CT molecular complexity index is 427. The minimum Gasteiger partial charge on any atom is -0.371 e. The summed E-state index contributed by atoms with van der Waals surface area (Å²) in [7, 11) is 0. The maximum atomic E-state index is 11.3. The molecule has 0 saturated heterocycles. The molecule has 6 heteroatoms. The molecule has 0 fully saturated rings. The van der Waals surface area contributed by atoms with E-state index >= 15 is 0 Å². The van der Waals surface area contributed by atoms with Gasteiger partial charge >= 0.3 is 0 Å². The van der Waals surface area contributed by atoms with Crippen LogP contribution in [0.3, 0.4) is 0 Å². The molecule has 0 spiro atoms. The first-order valence-electron chi connectivity index (χ1n) is 6.54. The molecular formula is C14H23Cl2N3O. The van der Waals surface area contributed by atoms with Crippen molar-refractivity contribution in [3.8, 4) is 0 Å². The predicted octanol–water partition coefficient (Wildman–Crippen LogP) is 1.75. The Labute approximate surface area is 132 Å². The minimum absolute atomic E-state index is 0. The number of amides is 1. The van der Waals surface area contributed by atoms with Crippen LogP contribution in [0.2, 0.25) is 0 Å². The number of nitrogens with zero attached hydrogens (tertiary/aromatic N) is 1. The highest BCUT2D eigenvalue weighted by atomic mass is 35.5. The molecule has 1 aromatic rings. The lowest BCUT2D eigenvalue weighted by Gasteiger charge is -2.19. The predicted molar refractivity (Wildman–Crippen MR) is 88.1 cm³/mol. The third-order valence-corrected chi connectivity index (χ3v) is 3.30. The summed E-state index contributed by atoms with van der Waals surface area (Å²) in [5.74, 6) is -0.0724. The highest BCUT2D eigenvalue weighted by Crippen LogP contribution is 2.27. The lowest BCUT2D eigenvalue weighted by atomic mass is 10.2. The van der Waals surface area contributed by atoms with Crippen molar-refractivity contribution in [2.24, 2.45) is 5.73 Å². The second-order valence-electron chi connectivity index (χ2n) is 4.80. The van der Waals surface area contributed by atoms with E-state index in [1.54, 1.807) is 6.92 Å². The number of nitrogens with one attached hydrogen (secondary N) is 1. The van der Waals surface area contributed by atoms with Crippen molar-refractivity contribution in [3.63, 3.8) is 0 Å². The number of halogens is 2. The quantitative estimate of drug-likeness (QED) is 0.813. The van der Waals surface area contributed by atoms with E-state index in [1.165, 1.54) is 11.3 Å². The summed E-state index contributed by atoms with van der Waals surface area (Å²) in [5.41, 5.74) is 8.25. The number of carbonyl (C=O) groups excluding carboxylic acids is 1. The fourth-order valence-electron chi connectivity index (χ4n) is 2.28. The molecule has 1 aromatic carbocycles. The van der Waals surface area contributed by atoms with E-state index in [4.69, 9.17) is 5.73 Å². The van der Waals surface area contributed by atoms with Crippen LogP contribution in [-0.4, -0.2) is 31.6 Å². The molecule has 0 aliphatic carbocycles. The standard InChI is InChI=1S/C14H21N3O.2ClH/c1-11(15)14(18)16-8-4-9-17-10-7-12-5-2-3-6-13(12)17;;/h2-3,5-6,11H,4,7-10,15H2,1H3,(H,16,18);2*1H. The van der Waals surface area contributed by atoms with Gasteiger partial charge in [0.05, 0.1) is 6.04 Å². The fraction of sp³-hybridized carbons (Fsp3) is 0.500. The van der Waals surface area contributed by atoms with Crippen LogP contribution in [0.15, 0.2) is 24.3 Å². The van der Waals surface area contributed by atoms with Gasteiger partial charge in [-0.3, -0.25) is 4.79 Å². The van der Waals surface area contributed by atoms with Crippen LogP contribution in [0.4, 0.5) is 5.69 Å². The van der Waals surface area contributed by atoms with Crippen molar-refractivity contribution in [1.29, 1.82) is 0 Å². The maximum absolute atomic E-state index is 11.3. The number of hydrogen-bond acceptors (Lipinski definition) is 3. The molecule has 1 aliphatic rings. The zero-order valence-corrected chi connectivity index (χ0v) is 13.3. The van der Waals surface area contributed by atoms with E-state index < -0.39 is 6.04 Å². The molecule has 3 N–H and O–H groups in total. The monoisotopic (exact) mass is 319 g/mol. The third-order valence-electron chi connectivity index (χ3n) is 3.30. The number of para-hydroxylation sites is 1. The van der Waals surface area contributed by atoms with Crippen LogP contribution in [0.25, 0.3) is 0 Å². The van der Waals surface area contributed by atoms with Gasteiger partial charge < -0.3 is 16.0 Å². The number of hydrogen-bond donors (Lipinski definition) is 2. The number of anilines is 1. The van der Waals surface area contributed by atoms with E-state index in [9.17, 15) is 4.79 Å². The molecule has 0 aromatic heterocycles. The highest BCUT2D eigenvalue weighted by molar-refractivity contribution is 5.85. The van der Waals surface area contributed by atoms with Gasteiger partial charge in [-0.15, -0.1) is 24.8 Å². The summed E-state index contributed by atoms with van der Waals surface area (Å²) in [6.45, 7) is 4.46. The van der Waals surface area contributed by atoms with E-state index in [2.05, 4.69) is 34.5 Å². The van der Waals surface area contributed by atoms with Gasteiger partial charge in [0, 0.05) is 25.3 Å². The molecule has 114 valence electrons. The molecule has 1 unspecified atom stereocenters. The number of rotatable bonds is 5. The van der Waals surface area contributed by atoms with Crippen molar-refractivity contribution >= 4 is 36.4 Å². The Hall–Kier alpha value is -0.970. The van der Waals surface area contributed by atoms with Crippen molar-refractivity contribution in [1.82, 2.24) is 5.32 Å². The van der Waals surface area contributed by atoms with Crippen LogP contribution in [0, 0.1) is 0 Å². The van der Waals surface area contributed by atoms with Gasteiger partial charge in [-0.05, 0) is 31.4 Å². The molecule has 1 aliphatic heterocycles. The van der Waals surface area contributed by atoms with Gasteiger partial charge in [0.2, 0.25) is 5.91 Å². The normalized spacial score (nSPS) is 13.8. The van der Waals surface area contributed by atoms with Gasteiger partial charge in [0.25, 0.3) is 0 Å². The molecule has 0 saturated carbocycles. The second kappa shape index (κ2) is 9.06. The van der Waals surface area contributed by atoms with Crippen molar-refractivity contribution in [3.05, 3.63) is 29.8 Å². The molecule has 2 rings (SSSR count). The van der Waals surface area contributed by atoms with E-state index in [0.717, 1.165) is 25.9 Å². The van der Waals surface area contributed by atoms with Crippen LogP contribution >= 0.6 is 24.8 Å². The molecule has 4 nitrogen and oxygen atoms in total. The Morgan fingerprint density at radius 1 is 1.40 bits per heavy atom. The second-order valence-corrected chi connectivity index (χ2v) is 4.80. The largest absolute Gasteiger partial charge is 0.371 e. The molecule has 1 atom stereocenters. The Balaban J connectivity index is 0.00000180. The summed E-state index contributed by atoms with van der Waals surface area (Å²) < 4.78 is 0. The third kappa shape index (κ3) is 4.85. The molecule has 20 heavy (non-hydrogen) atoms. The Morgan fingerprint density at radius 3 is 2.80 bits per heavy atom. The Kier molecular flexibility index (Phi) is 8.62. The number of carbonyl (C=O) groups is 1. The van der Waals surface area contributed by atoms with Crippen LogP contribution in [-0.2, 0) is 11.2 Å². The number of benzene rings is 1. The SMILES string of the molecule is CC(N)C(=O)NCCCN1CCc2ccccc21.Cl.Cl. The zero-order valence-electron chi connectivity index (χ0n) is 11.7. The summed E-state index contributed by atoms with van der Waals surface area (Å²) in [6, 6.07) is 8.11. The molecule has 0 radical (unpaired) electrons. The molecule has 1 heterocycles. The van der Waals surface area contributed by atoms with Crippen molar-refractivity contribution in [2.75, 3.05) is 24.5 Å². The van der Waals surface area contributed by atoms with E-state index in [1.807, 2.05) is 0 Å². The van der Waals surface area contributed by atoms with E-state index in [0.29, 0.717) is 6.54 Å². The zero-order chi connectivity index (χ0) is 13.0. The van der Waals surface area contributed by atoms with Gasteiger partial charge in [-0.1, -0.05) is 18.2 Å². The molecule has 1 amide bonds. The van der Waals surface area contributed by atoms with Gasteiger partial charge in [-0.25, -0.2) is 0 Å². The smallest absolute Gasteiger partial charge is 0.236 e. The summed E-state index contributed by atoms with van der Waals surface area (Å²) in [4.78, 5) is 13.7. The first kappa shape index (κ1) is 19.0. The number of fused-ring (bicyclic) bond motifs is 1. The van der Waals surface area contributed by atoms with E-state index in [-0.39, 0.29) is 30.7 Å². The lowest BCUT2D eigenvalue weighted by molar-refractivity contribution is -0.121. The average molecular weight is 320 g/mol. The lowest BCUT2D eigenvalue weighted by Crippen LogP contribution is -2.39. The highest BCUT2D eigenvalue weighted by Gasteiger charge is 2.17. The van der Waals surface area contributed by atoms with Gasteiger partial charge in [0.15, 0.2) is 0 Å². The number of nitrogens with two attached hydrogens (primary N) is 1. The van der Waals surface area contributed by atoms with Crippen molar-refractivity contribution in [2.45, 2.75) is 25.8 Å². The van der Waals surface area contributed by atoms with Crippen molar-refractivity contribution < 1.29 is 4.79 Å². The van der Waals surface area contributed by atoms with Gasteiger partial charge in [0.1, 0.15) is 0 Å². The maximum Gasteiger partial charge on any atom is 0.236 e. The first-order valence-corrected chi connectivity index (χ1v) is 6.54. The summed E-state index contributed by atoms with van der Waals surface area (Å²) >= 11 is 0.